The summed E-state index contributed by atoms with van der Waals surface area (Å²) < 4.78 is 1.73. The Kier molecular flexibility index (Phi) is 4.10. The molecule has 14 heavy (non-hydrogen) atoms. The van der Waals surface area contributed by atoms with Gasteiger partial charge in [0.2, 0.25) is 0 Å². The minimum absolute atomic E-state index is 0.0573. The third kappa shape index (κ3) is 2.56. The topological polar surface area (TPSA) is 41.3 Å². The molecule has 1 rings (SSSR count). The van der Waals surface area contributed by atoms with E-state index < -0.39 is 0 Å². The van der Waals surface area contributed by atoms with Crippen LogP contribution >= 0.6 is 0 Å². The Hall–Kier alpha value is -0.870. The van der Waals surface area contributed by atoms with Crippen LogP contribution in [0.3, 0.4) is 0 Å². The Morgan fingerprint density at radius 3 is 2.50 bits per heavy atom. The number of hydrogen-bond donors (Lipinski definition) is 1. The molecule has 1 N–H and O–H groups in total. The Morgan fingerprint density at radius 1 is 1.43 bits per heavy atom. The second-order valence-corrected chi connectivity index (χ2v) is 3.37. The average molecular weight is 197 g/mol. The summed E-state index contributed by atoms with van der Waals surface area (Å²) in [6.45, 7) is 7.25. The summed E-state index contributed by atoms with van der Waals surface area (Å²) in [6.07, 6.45) is 0. The van der Waals surface area contributed by atoms with Crippen LogP contribution in [-0.4, -0.2) is 32.9 Å². The first kappa shape index (κ1) is 11.2. The smallest absolute Gasteiger partial charge is 0.0849 e. The first-order valence-corrected chi connectivity index (χ1v) is 5.06. The lowest BCUT2D eigenvalue weighted by Crippen LogP contribution is -2.22. The lowest BCUT2D eigenvalue weighted by atomic mass is 10.3. The van der Waals surface area contributed by atoms with Crippen LogP contribution in [0.25, 0.3) is 0 Å². The van der Waals surface area contributed by atoms with Crippen LogP contribution in [-0.2, 0) is 20.2 Å². The molecule has 0 bridgehead atoms. The van der Waals surface area contributed by atoms with E-state index in [4.69, 9.17) is 5.11 Å². The predicted molar refractivity (Wildman–Crippen MR) is 55.8 cm³/mol. The van der Waals surface area contributed by atoms with Gasteiger partial charge in [-0.1, -0.05) is 13.8 Å². The summed E-state index contributed by atoms with van der Waals surface area (Å²) in [7, 11) is 1.86. The highest BCUT2D eigenvalue weighted by molar-refractivity contribution is 5.09. The van der Waals surface area contributed by atoms with E-state index in [1.54, 1.807) is 4.68 Å². The van der Waals surface area contributed by atoms with Crippen molar-refractivity contribution >= 4 is 0 Å². The Bertz CT molecular complexity index is 279. The number of aliphatic hydroxyl groups is 1. The quantitative estimate of drug-likeness (QED) is 0.757. The number of nitrogens with zero attached hydrogens (tertiary/aromatic N) is 3. The molecule has 1 heterocycles. The van der Waals surface area contributed by atoms with Gasteiger partial charge in [0.15, 0.2) is 0 Å². The lowest BCUT2D eigenvalue weighted by Gasteiger charge is -2.15. The standard InChI is InChI=1S/C10H19N3O/c1-4-13(5-2)7-9-6-10(8-14)12(3)11-9/h6,14H,4-5,7-8H2,1-3H3. The first-order valence-electron chi connectivity index (χ1n) is 5.06. The molecular formula is C10H19N3O. The van der Waals surface area contributed by atoms with Gasteiger partial charge in [0, 0.05) is 13.6 Å². The van der Waals surface area contributed by atoms with Crippen LogP contribution < -0.4 is 0 Å². The third-order valence-corrected chi connectivity index (χ3v) is 2.47. The summed E-state index contributed by atoms with van der Waals surface area (Å²) >= 11 is 0. The fourth-order valence-corrected chi connectivity index (χ4v) is 1.47. The zero-order valence-corrected chi connectivity index (χ0v) is 9.19. The van der Waals surface area contributed by atoms with Gasteiger partial charge in [0.05, 0.1) is 18.0 Å². The van der Waals surface area contributed by atoms with E-state index in [1.807, 2.05) is 13.1 Å². The van der Waals surface area contributed by atoms with Gasteiger partial charge < -0.3 is 5.11 Å². The van der Waals surface area contributed by atoms with E-state index in [-0.39, 0.29) is 6.61 Å². The number of aliphatic hydroxyl groups excluding tert-OH is 1. The molecular weight excluding hydrogens is 178 g/mol. The molecule has 0 spiro atoms. The van der Waals surface area contributed by atoms with Gasteiger partial charge in [-0.3, -0.25) is 9.58 Å². The van der Waals surface area contributed by atoms with Crippen molar-refractivity contribution in [3.63, 3.8) is 0 Å². The summed E-state index contributed by atoms with van der Waals surface area (Å²) in [5.41, 5.74) is 1.90. The van der Waals surface area contributed by atoms with Gasteiger partial charge >= 0.3 is 0 Å². The molecule has 0 aliphatic carbocycles. The van der Waals surface area contributed by atoms with Crippen LogP contribution in [0.2, 0.25) is 0 Å². The number of hydrogen-bond acceptors (Lipinski definition) is 3. The van der Waals surface area contributed by atoms with Gasteiger partial charge in [-0.15, -0.1) is 0 Å². The zero-order chi connectivity index (χ0) is 10.6. The average Bonchev–Trinajstić information content (AvgIpc) is 2.55. The van der Waals surface area contributed by atoms with Gasteiger partial charge in [0.1, 0.15) is 0 Å². The summed E-state index contributed by atoms with van der Waals surface area (Å²) in [5, 5.41) is 13.3. The maximum absolute atomic E-state index is 9.01. The van der Waals surface area contributed by atoms with Crippen molar-refractivity contribution in [1.82, 2.24) is 14.7 Å². The molecule has 1 aromatic rings. The van der Waals surface area contributed by atoms with Crippen molar-refractivity contribution in [2.75, 3.05) is 13.1 Å². The molecule has 0 aromatic carbocycles. The van der Waals surface area contributed by atoms with Crippen LogP contribution in [0, 0.1) is 0 Å². The van der Waals surface area contributed by atoms with E-state index in [0.29, 0.717) is 0 Å². The molecule has 0 saturated carbocycles. The normalized spacial score (nSPS) is 11.2. The van der Waals surface area contributed by atoms with Crippen LogP contribution in [0.1, 0.15) is 25.2 Å². The molecule has 0 fully saturated rings. The summed E-state index contributed by atoms with van der Waals surface area (Å²) in [6, 6.07) is 1.96. The molecule has 80 valence electrons. The molecule has 4 heteroatoms. The van der Waals surface area contributed by atoms with Gasteiger partial charge in [-0.2, -0.15) is 5.10 Å². The van der Waals surface area contributed by atoms with E-state index >= 15 is 0 Å². The van der Waals surface area contributed by atoms with Crippen molar-refractivity contribution in [3.8, 4) is 0 Å². The van der Waals surface area contributed by atoms with E-state index in [2.05, 4.69) is 23.8 Å². The molecule has 0 amide bonds. The van der Waals surface area contributed by atoms with Crippen LogP contribution in [0.5, 0.6) is 0 Å². The maximum Gasteiger partial charge on any atom is 0.0849 e. The van der Waals surface area contributed by atoms with Crippen LogP contribution in [0.4, 0.5) is 0 Å². The summed E-state index contributed by atoms with van der Waals surface area (Å²) in [5.74, 6) is 0. The number of aromatic nitrogens is 2. The predicted octanol–water partition coefficient (Wildman–Crippen LogP) is 0.754. The molecule has 0 unspecified atom stereocenters. The van der Waals surface area contributed by atoms with E-state index in [1.165, 1.54) is 0 Å². The van der Waals surface area contributed by atoms with Gasteiger partial charge in [-0.25, -0.2) is 0 Å². The highest BCUT2D eigenvalue weighted by Crippen LogP contribution is 2.06. The highest BCUT2D eigenvalue weighted by Gasteiger charge is 2.06. The van der Waals surface area contributed by atoms with Crippen molar-refractivity contribution in [2.24, 2.45) is 7.05 Å². The fourth-order valence-electron chi connectivity index (χ4n) is 1.47. The van der Waals surface area contributed by atoms with Crippen molar-refractivity contribution in [2.45, 2.75) is 27.0 Å². The first-order chi connectivity index (χ1) is 6.71. The van der Waals surface area contributed by atoms with Crippen LogP contribution in [0.15, 0.2) is 6.07 Å². The molecule has 0 aliphatic rings. The lowest BCUT2D eigenvalue weighted by molar-refractivity contribution is 0.270. The number of aryl methyl sites for hydroxylation is 1. The molecule has 1 aromatic heterocycles. The van der Waals surface area contributed by atoms with Gasteiger partial charge in [-0.05, 0) is 19.2 Å². The van der Waals surface area contributed by atoms with Gasteiger partial charge in [0.25, 0.3) is 0 Å². The minimum atomic E-state index is 0.0573. The van der Waals surface area contributed by atoms with Crippen molar-refractivity contribution in [1.29, 1.82) is 0 Å². The summed E-state index contributed by atoms with van der Waals surface area (Å²) in [4.78, 5) is 2.30. The van der Waals surface area contributed by atoms with Crippen molar-refractivity contribution < 1.29 is 5.11 Å². The third-order valence-electron chi connectivity index (χ3n) is 2.47. The zero-order valence-electron chi connectivity index (χ0n) is 9.19. The molecule has 4 nitrogen and oxygen atoms in total. The molecule has 0 atom stereocenters. The molecule has 0 radical (unpaired) electrons. The second kappa shape index (κ2) is 5.12. The van der Waals surface area contributed by atoms with Crippen molar-refractivity contribution in [3.05, 3.63) is 17.5 Å². The minimum Gasteiger partial charge on any atom is -0.390 e. The monoisotopic (exact) mass is 197 g/mol. The largest absolute Gasteiger partial charge is 0.390 e. The molecule has 0 saturated heterocycles. The Morgan fingerprint density at radius 2 is 2.07 bits per heavy atom. The SMILES string of the molecule is CCN(CC)Cc1cc(CO)n(C)n1. The van der Waals surface area contributed by atoms with E-state index in [9.17, 15) is 0 Å². The second-order valence-electron chi connectivity index (χ2n) is 3.37. The Balaban J connectivity index is 2.67. The number of rotatable bonds is 5. The fraction of sp³-hybridized carbons (Fsp3) is 0.700. The molecule has 0 aliphatic heterocycles. The maximum atomic E-state index is 9.01. The van der Waals surface area contributed by atoms with E-state index in [0.717, 1.165) is 31.0 Å². The highest BCUT2D eigenvalue weighted by atomic mass is 16.3. The Labute approximate surface area is 85.1 Å².